The first-order valence-corrected chi connectivity index (χ1v) is 8.83. The van der Waals surface area contributed by atoms with Crippen LogP contribution < -0.4 is 4.90 Å². The highest BCUT2D eigenvalue weighted by Gasteiger charge is 2.37. The molecule has 1 aliphatic rings. The molecule has 3 aromatic carbocycles. The summed E-state index contributed by atoms with van der Waals surface area (Å²) in [4.78, 5) is 1.55. The third-order valence-corrected chi connectivity index (χ3v) is 4.98. The number of benzene rings is 3. The standard InChI is InChI=1S/C22H15F6N/c23-21(24,25)16-9-17(22(26,27)28)11-18(10-16)29-12-14-5-1-3-7-19(14)20-8-4-2-6-15(20)13-29/h1-11H,12-13H2. The number of hydrogen-bond acceptors (Lipinski definition) is 1. The third kappa shape index (κ3) is 3.81. The number of nitrogens with zero attached hydrogens (tertiary/aromatic N) is 1. The Morgan fingerprint density at radius 3 is 1.41 bits per heavy atom. The monoisotopic (exact) mass is 407 g/mol. The van der Waals surface area contributed by atoms with Crippen molar-refractivity contribution in [3.8, 4) is 11.1 Å². The van der Waals surface area contributed by atoms with Crippen LogP contribution in [-0.4, -0.2) is 0 Å². The minimum atomic E-state index is -4.88. The number of alkyl halides is 6. The van der Waals surface area contributed by atoms with Gasteiger partial charge in [-0.05, 0) is 40.5 Å². The SMILES string of the molecule is FC(F)(F)c1cc(N2Cc3ccccc3-c3ccccc3C2)cc(C(F)(F)F)c1. The summed E-state index contributed by atoms with van der Waals surface area (Å²) in [7, 11) is 0. The van der Waals surface area contributed by atoms with Crippen LogP contribution in [0.3, 0.4) is 0 Å². The van der Waals surface area contributed by atoms with Crippen molar-refractivity contribution in [2.75, 3.05) is 4.90 Å². The molecule has 0 saturated carbocycles. The summed E-state index contributed by atoms with van der Waals surface area (Å²) in [6.45, 7) is 0.396. The summed E-state index contributed by atoms with van der Waals surface area (Å²) in [5.41, 5.74) is 0.786. The molecule has 0 unspecified atom stereocenters. The van der Waals surface area contributed by atoms with Crippen molar-refractivity contribution in [3.05, 3.63) is 89.0 Å². The summed E-state index contributed by atoms with van der Waals surface area (Å²) in [5, 5.41) is 0. The van der Waals surface area contributed by atoms with E-state index in [4.69, 9.17) is 0 Å². The van der Waals surface area contributed by atoms with E-state index in [-0.39, 0.29) is 24.8 Å². The summed E-state index contributed by atoms with van der Waals surface area (Å²) in [6.07, 6.45) is -9.75. The molecule has 0 bridgehead atoms. The van der Waals surface area contributed by atoms with Crippen molar-refractivity contribution in [1.29, 1.82) is 0 Å². The summed E-state index contributed by atoms with van der Waals surface area (Å²) < 4.78 is 79.7. The molecule has 0 fully saturated rings. The van der Waals surface area contributed by atoms with Crippen LogP contribution in [0.25, 0.3) is 11.1 Å². The van der Waals surface area contributed by atoms with Gasteiger partial charge in [-0.15, -0.1) is 0 Å². The zero-order chi connectivity index (χ0) is 20.8. The van der Waals surface area contributed by atoms with E-state index in [2.05, 4.69) is 0 Å². The molecule has 29 heavy (non-hydrogen) atoms. The van der Waals surface area contributed by atoms with Crippen LogP contribution in [0.4, 0.5) is 32.0 Å². The average molecular weight is 407 g/mol. The Balaban J connectivity index is 1.87. The first-order valence-electron chi connectivity index (χ1n) is 8.83. The lowest BCUT2D eigenvalue weighted by molar-refractivity contribution is -0.143. The van der Waals surface area contributed by atoms with Gasteiger partial charge in [0.15, 0.2) is 0 Å². The highest BCUT2D eigenvalue weighted by atomic mass is 19.4. The van der Waals surface area contributed by atoms with Crippen LogP contribution in [0, 0.1) is 0 Å². The summed E-state index contributed by atoms with van der Waals surface area (Å²) in [6, 6.07) is 16.5. The van der Waals surface area contributed by atoms with E-state index in [1.54, 1.807) is 17.0 Å². The first kappa shape index (κ1) is 19.4. The van der Waals surface area contributed by atoms with E-state index in [0.29, 0.717) is 0 Å². The van der Waals surface area contributed by atoms with Gasteiger partial charge < -0.3 is 4.90 Å². The van der Waals surface area contributed by atoms with Crippen LogP contribution in [-0.2, 0) is 25.4 Å². The van der Waals surface area contributed by atoms with E-state index in [1.807, 2.05) is 36.4 Å². The Kier molecular flexibility index (Phi) is 4.56. The zero-order valence-corrected chi connectivity index (χ0v) is 15.0. The van der Waals surface area contributed by atoms with Gasteiger partial charge in [0.05, 0.1) is 11.1 Å². The lowest BCUT2D eigenvalue weighted by Crippen LogP contribution is -2.22. The van der Waals surface area contributed by atoms with Crippen molar-refractivity contribution >= 4 is 5.69 Å². The van der Waals surface area contributed by atoms with Gasteiger partial charge in [0.2, 0.25) is 0 Å². The summed E-state index contributed by atoms with van der Waals surface area (Å²) in [5.74, 6) is 0. The predicted octanol–water partition coefficient (Wildman–Crippen LogP) is 6.91. The molecular weight excluding hydrogens is 392 g/mol. The van der Waals surface area contributed by atoms with Gasteiger partial charge in [-0.1, -0.05) is 48.5 Å². The maximum absolute atomic E-state index is 13.3. The Bertz CT molecular complexity index is 972. The van der Waals surface area contributed by atoms with Gasteiger partial charge in [0, 0.05) is 18.8 Å². The molecule has 0 spiro atoms. The van der Waals surface area contributed by atoms with Crippen molar-refractivity contribution in [2.45, 2.75) is 25.4 Å². The molecule has 4 rings (SSSR count). The normalized spacial score (nSPS) is 14.2. The third-order valence-electron chi connectivity index (χ3n) is 4.98. The van der Waals surface area contributed by atoms with Crippen molar-refractivity contribution in [2.24, 2.45) is 0 Å². The number of fused-ring (bicyclic) bond motifs is 3. The zero-order valence-electron chi connectivity index (χ0n) is 15.0. The van der Waals surface area contributed by atoms with Crippen molar-refractivity contribution < 1.29 is 26.3 Å². The second-order valence-corrected chi connectivity index (χ2v) is 6.93. The highest BCUT2D eigenvalue weighted by molar-refractivity contribution is 5.73. The van der Waals surface area contributed by atoms with E-state index in [1.165, 1.54) is 0 Å². The Labute approximate surface area is 163 Å². The number of rotatable bonds is 1. The maximum Gasteiger partial charge on any atom is 0.416 e. The minimum Gasteiger partial charge on any atom is -0.363 e. The Hall–Kier alpha value is -2.96. The lowest BCUT2D eigenvalue weighted by Gasteiger charge is -2.26. The Morgan fingerprint density at radius 1 is 0.586 bits per heavy atom. The molecule has 0 radical (unpaired) electrons. The number of hydrogen-bond donors (Lipinski definition) is 0. The highest BCUT2D eigenvalue weighted by Crippen LogP contribution is 2.40. The molecule has 0 saturated heterocycles. The molecule has 0 aromatic heterocycles. The van der Waals surface area contributed by atoms with Gasteiger partial charge >= 0.3 is 12.4 Å². The Morgan fingerprint density at radius 2 is 1.00 bits per heavy atom. The molecule has 3 aromatic rings. The lowest BCUT2D eigenvalue weighted by atomic mass is 9.97. The number of anilines is 1. The maximum atomic E-state index is 13.3. The predicted molar refractivity (Wildman–Crippen MR) is 98.2 cm³/mol. The average Bonchev–Trinajstić information content (AvgIpc) is 2.83. The van der Waals surface area contributed by atoms with E-state index >= 15 is 0 Å². The summed E-state index contributed by atoms with van der Waals surface area (Å²) >= 11 is 0. The van der Waals surface area contributed by atoms with Crippen LogP contribution in [0.15, 0.2) is 66.7 Å². The molecule has 150 valence electrons. The molecule has 0 N–H and O–H groups in total. The van der Waals surface area contributed by atoms with Gasteiger partial charge in [-0.25, -0.2) is 0 Å². The van der Waals surface area contributed by atoms with E-state index in [0.717, 1.165) is 34.4 Å². The molecule has 1 heterocycles. The fourth-order valence-corrected chi connectivity index (χ4v) is 3.61. The van der Waals surface area contributed by atoms with Gasteiger partial charge in [0.1, 0.15) is 0 Å². The van der Waals surface area contributed by atoms with E-state index < -0.39 is 23.5 Å². The number of halogens is 6. The molecule has 0 aliphatic carbocycles. The molecule has 1 nitrogen and oxygen atoms in total. The van der Waals surface area contributed by atoms with Crippen LogP contribution in [0.2, 0.25) is 0 Å². The van der Waals surface area contributed by atoms with Gasteiger partial charge in [-0.3, -0.25) is 0 Å². The topological polar surface area (TPSA) is 3.24 Å². The van der Waals surface area contributed by atoms with Gasteiger partial charge in [-0.2, -0.15) is 26.3 Å². The fraction of sp³-hybridized carbons (Fsp3) is 0.182. The second-order valence-electron chi connectivity index (χ2n) is 6.93. The fourth-order valence-electron chi connectivity index (χ4n) is 3.61. The second kappa shape index (κ2) is 6.83. The molecule has 0 atom stereocenters. The molecular formula is C22H15F6N. The minimum absolute atomic E-state index is 0.112. The van der Waals surface area contributed by atoms with Gasteiger partial charge in [0.25, 0.3) is 0 Å². The van der Waals surface area contributed by atoms with Crippen LogP contribution in [0.5, 0.6) is 0 Å². The molecule has 7 heteroatoms. The van der Waals surface area contributed by atoms with E-state index in [9.17, 15) is 26.3 Å². The smallest absolute Gasteiger partial charge is 0.363 e. The van der Waals surface area contributed by atoms with Crippen LogP contribution in [0.1, 0.15) is 22.3 Å². The largest absolute Gasteiger partial charge is 0.416 e. The first-order chi connectivity index (χ1) is 13.6. The van der Waals surface area contributed by atoms with Crippen molar-refractivity contribution in [1.82, 2.24) is 0 Å². The van der Waals surface area contributed by atoms with Crippen molar-refractivity contribution in [3.63, 3.8) is 0 Å². The van der Waals surface area contributed by atoms with Crippen LogP contribution >= 0.6 is 0 Å². The molecule has 0 amide bonds. The quantitative estimate of drug-likeness (QED) is 0.396. The molecule has 1 aliphatic heterocycles.